The molecular formula is C17H27N3O. The van der Waals surface area contributed by atoms with Gasteiger partial charge in [-0.15, -0.1) is 0 Å². The fraction of sp³-hybridized carbons (Fsp3) is 0.647. The van der Waals surface area contributed by atoms with E-state index in [0.717, 1.165) is 45.0 Å². The van der Waals surface area contributed by atoms with Crippen molar-refractivity contribution in [3.8, 4) is 5.75 Å². The van der Waals surface area contributed by atoms with E-state index in [1.54, 1.807) is 0 Å². The van der Waals surface area contributed by atoms with Crippen LogP contribution in [-0.2, 0) is 0 Å². The number of hydrogen-bond donors (Lipinski definition) is 1. The third-order valence-electron chi connectivity index (χ3n) is 4.40. The molecule has 2 aliphatic rings. The Morgan fingerprint density at radius 2 is 1.67 bits per heavy atom. The monoisotopic (exact) mass is 289 g/mol. The van der Waals surface area contributed by atoms with Gasteiger partial charge in [0.25, 0.3) is 0 Å². The minimum absolute atomic E-state index is 0.823. The number of anilines is 1. The predicted octanol–water partition coefficient (Wildman–Crippen LogP) is 1.96. The number of ether oxygens (including phenoxy) is 1. The normalized spacial score (nSPS) is 19.9. The third-order valence-corrected chi connectivity index (χ3v) is 4.40. The lowest BCUT2D eigenvalue weighted by Gasteiger charge is -2.29. The first-order valence-electron chi connectivity index (χ1n) is 8.33. The van der Waals surface area contributed by atoms with Crippen LogP contribution in [0.5, 0.6) is 5.75 Å². The van der Waals surface area contributed by atoms with E-state index >= 15 is 0 Å². The molecule has 0 amide bonds. The molecule has 1 aromatic rings. The van der Waals surface area contributed by atoms with Crippen LogP contribution in [0.15, 0.2) is 24.3 Å². The van der Waals surface area contributed by atoms with Gasteiger partial charge in [0, 0.05) is 38.4 Å². The van der Waals surface area contributed by atoms with Gasteiger partial charge in [-0.3, -0.25) is 0 Å². The molecule has 2 heterocycles. The van der Waals surface area contributed by atoms with Crippen LogP contribution in [0.2, 0.25) is 0 Å². The van der Waals surface area contributed by atoms with Gasteiger partial charge in [0.05, 0.1) is 6.61 Å². The van der Waals surface area contributed by atoms with Gasteiger partial charge in [-0.1, -0.05) is 0 Å². The van der Waals surface area contributed by atoms with E-state index < -0.39 is 0 Å². The highest BCUT2D eigenvalue weighted by atomic mass is 16.5. The van der Waals surface area contributed by atoms with Crippen molar-refractivity contribution in [3.05, 3.63) is 24.3 Å². The molecule has 1 aromatic carbocycles. The lowest BCUT2D eigenvalue weighted by molar-refractivity contribution is 0.263. The van der Waals surface area contributed by atoms with Gasteiger partial charge in [0.2, 0.25) is 0 Å². The summed E-state index contributed by atoms with van der Waals surface area (Å²) in [6.45, 7) is 8.90. The molecule has 0 spiro atoms. The van der Waals surface area contributed by atoms with Crippen LogP contribution < -0.4 is 15.0 Å². The molecule has 3 rings (SSSR count). The zero-order valence-corrected chi connectivity index (χ0v) is 12.9. The molecule has 0 aliphatic carbocycles. The highest BCUT2D eigenvalue weighted by molar-refractivity contribution is 5.49. The molecule has 1 N–H and O–H groups in total. The van der Waals surface area contributed by atoms with Crippen molar-refractivity contribution in [2.75, 3.05) is 57.3 Å². The van der Waals surface area contributed by atoms with Crippen LogP contribution >= 0.6 is 0 Å². The van der Waals surface area contributed by atoms with Gasteiger partial charge >= 0.3 is 0 Å². The fourth-order valence-corrected chi connectivity index (χ4v) is 3.16. The summed E-state index contributed by atoms with van der Waals surface area (Å²) in [4.78, 5) is 4.96. The molecule has 116 valence electrons. The number of benzene rings is 1. The quantitative estimate of drug-likeness (QED) is 0.810. The SMILES string of the molecule is c1cc(N2CCNCC2)ccc1OCCCN1CCCC1. The van der Waals surface area contributed by atoms with Crippen molar-refractivity contribution in [3.63, 3.8) is 0 Å². The van der Waals surface area contributed by atoms with E-state index in [4.69, 9.17) is 4.74 Å². The van der Waals surface area contributed by atoms with Crippen LogP contribution in [0.3, 0.4) is 0 Å². The van der Waals surface area contributed by atoms with Crippen molar-refractivity contribution in [1.29, 1.82) is 0 Å². The number of nitrogens with zero attached hydrogens (tertiary/aromatic N) is 2. The topological polar surface area (TPSA) is 27.7 Å². The Labute approximate surface area is 128 Å². The predicted molar refractivity (Wildman–Crippen MR) is 87.3 cm³/mol. The van der Waals surface area contributed by atoms with Gasteiger partial charge in [0.15, 0.2) is 0 Å². The molecule has 0 bridgehead atoms. The standard InChI is InChI=1S/C17H27N3O/c1-2-11-19(10-1)12-3-15-21-17-6-4-16(5-7-17)20-13-8-18-9-14-20/h4-7,18H,1-3,8-15H2. The maximum absolute atomic E-state index is 5.85. The lowest BCUT2D eigenvalue weighted by Crippen LogP contribution is -2.43. The van der Waals surface area contributed by atoms with E-state index in [-0.39, 0.29) is 0 Å². The summed E-state index contributed by atoms with van der Waals surface area (Å²) in [6.07, 6.45) is 3.86. The molecular weight excluding hydrogens is 262 g/mol. The molecule has 0 aromatic heterocycles. The largest absolute Gasteiger partial charge is 0.494 e. The number of piperazine rings is 1. The smallest absolute Gasteiger partial charge is 0.119 e. The second-order valence-electron chi connectivity index (χ2n) is 5.98. The molecule has 0 atom stereocenters. The Hall–Kier alpha value is -1.26. The second-order valence-corrected chi connectivity index (χ2v) is 5.98. The van der Waals surface area contributed by atoms with Crippen LogP contribution in [0.25, 0.3) is 0 Å². The summed E-state index contributed by atoms with van der Waals surface area (Å²) in [5, 5.41) is 3.38. The van der Waals surface area contributed by atoms with Crippen LogP contribution in [0, 0.1) is 0 Å². The molecule has 0 saturated carbocycles. The molecule has 4 nitrogen and oxygen atoms in total. The molecule has 21 heavy (non-hydrogen) atoms. The van der Waals surface area contributed by atoms with Crippen molar-refractivity contribution in [1.82, 2.24) is 10.2 Å². The maximum atomic E-state index is 5.85. The molecule has 0 radical (unpaired) electrons. The average Bonchev–Trinajstić information content (AvgIpc) is 3.06. The lowest BCUT2D eigenvalue weighted by atomic mass is 10.2. The van der Waals surface area contributed by atoms with Gasteiger partial charge in [0.1, 0.15) is 5.75 Å². The fourth-order valence-electron chi connectivity index (χ4n) is 3.16. The molecule has 2 fully saturated rings. The van der Waals surface area contributed by atoms with Crippen molar-refractivity contribution in [2.45, 2.75) is 19.3 Å². The summed E-state index contributed by atoms with van der Waals surface area (Å²) in [6, 6.07) is 8.57. The first-order valence-corrected chi connectivity index (χ1v) is 8.33. The van der Waals surface area contributed by atoms with E-state index in [1.807, 2.05) is 0 Å². The molecule has 2 saturated heterocycles. The van der Waals surface area contributed by atoms with E-state index in [2.05, 4.69) is 39.4 Å². The van der Waals surface area contributed by atoms with Crippen molar-refractivity contribution in [2.24, 2.45) is 0 Å². The van der Waals surface area contributed by atoms with Crippen molar-refractivity contribution < 1.29 is 4.74 Å². The maximum Gasteiger partial charge on any atom is 0.119 e. The van der Waals surface area contributed by atoms with Gasteiger partial charge < -0.3 is 19.9 Å². The Morgan fingerprint density at radius 1 is 0.952 bits per heavy atom. The van der Waals surface area contributed by atoms with Crippen molar-refractivity contribution >= 4 is 5.69 Å². The van der Waals surface area contributed by atoms with Crippen LogP contribution in [-0.4, -0.2) is 57.3 Å². The van der Waals surface area contributed by atoms with E-state index in [0.29, 0.717) is 0 Å². The molecule has 0 unspecified atom stereocenters. The number of nitrogens with one attached hydrogen (secondary N) is 1. The highest BCUT2D eigenvalue weighted by Gasteiger charge is 2.11. The summed E-state index contributed by atoms with van der Waals surface area (Å²) in [5.74, 6) is 0.996. The minimum Gasteiger partial charge on any atom is -0.494 e. The minimum atomic E-state index is 0.823. The zero-order chi connectivity index (χ0) is 14.3. The number of hydrogen-bond acceptors (Lipinski definition) is 4. The second kappa shape index (κ2) is 7.66. The Kier molecular flexibility index (Phi) is 5.35. The summed E-state index contributed by atoms with van der Waals surface area (Å²) < 4.78 is 5.85. The first-order chi connectivity index (χ1) is 10.4. The van der Waals surface area contributed by atoms with E-state index in [1.165, 1.54) is 38.2 Å². The van der Waals surface area contributed by atoms with Gasteiger partial charge in [-0.2, -0.15) is 0 Å². The number of likely N-dealkylation sites (tertiary alicyclic amines) is 1. The molecule has 2 aliphatic heterocycles. The van der Waals surface area contributed by atoms with Crippen LogP contribution in [0.1, 0.15) is 19.3 Å². The zero-order valence-electron chi connectivity index (χ0n) is 12.9. The third kappa shape index (κ3) is 4.35. The summed E-state index contributed by atoms with van der Waals surface area (Å²) in [7, 11) is 0. The van der Waals surface area contributed by atoms with Crippen LogP contribution in [0.4, 0.5) is 5.69 Å². The summed E-state index contributed by atoms with van der Waals surface area (Å²) in [5.41, 5.74) is 1.31. The Morgan fingerprint density at radius 3 is 2.38 bits per heavy atom. The Bertz CT molecular complexity index is 409. The average molecular weight is 289 g/mol. The van der Waals surface area contributed by atoms with Gasteiger partial charge in [-0.25, -0.2) is 0 Å². The summed E-state index contributed by atoms with van der Waals surface area (Å²) >= 11 is 0. The first kappa shape index (κ1) is 14.7. The number of rotatable bonds is 6. The Balaban J connectivity index is 1.39. The van der Waals surface area contributed by atoms with Gasteiger partial charge in [-0.05, 0) is 56.6 Å². The molecule has 4 heteroatoms. The highest BCUT2D eigenvalue weighted by Crippen LogP contribution is 2.20. The van der Waals surface area contributed by atoms with E-state index in [9.17, 15) is 0 Å².